The minimum absolute atomic E-state index is 0.00407. The van der Waals surface area contributed by atoms with E-state index in [2.05, 4.69) is 49.0 Å². The Bertz CT molecular complexity index is 976. The monoisotopic (exact) mass is 366 g/mol. The van der Waals surface area contributed by atoms with Gasteiger partial charge in [0, 0.05) is 38.4 Å². The van der Waals surface area contributed by atoms with Crippen molar-refractivity contribution in [2.75, 3.05) is 30.4 Å². The number of carbonyl (C=O) groups excluding carboxylic acids is 1. The van der Waals surface area contributed by atoms with E-state index in [1.165, 1.54) is 0 Å². The summed E-state index contributed by atoms with van der Waals surface area (Å²) in [4.78, 5) is 31.3. The maximum atomic E-state index is 11.6. The van der Waals surface area contributed by atoms with Gasteiger partial charge in [-0.25, -0.2) is 15.0 Å². The van der Waals surface area contributed by atoms with E-state index < -0.39 is 0 Å². The Hall–Kier alpha value is -3.23. The summed E-state index contributed by atoms with van der Waals surface area (Å²) in [6.07, 6.45) is 5.28. The number of imidazole rings is 1. The van der Waals surface area contributed by atoms with Crippen LogP contribution in [0.3, 0.4) is 0 Å². The molecule has 4 rings (SSSR count). The number of pyridine rings is 1. The Balaban J connectivity index is 1.51. The molecule has 3 aromatic heterocycles. The van der Waals surface area contributed by atoms with Crippen LogP contribution in [0.4, 0.5) is 17.6 Å². The molecule has 0 aliphatic carbocycles. The Morgan fingerprint density at radius 2 is 2.04 bits per heavy atom. The molecule has 0 unspecified atom stereocenters. The molecule has 0 aromatic carbocycles. The fourth-order valence-corrected chi connectivity index (χ4v) is 3.12. The predicted octanol–water partition coefficient (Wildman–Crippen LogP) is 1.73. The lowest BCUT2D eigenvalue weighted by Gasteiger charge is -2.37. The van der Waals surface area contributed by atoms with Gasteiger partial charge in [-0.05, 0) is 19.9 Å². The summed E-state index contributed by atoms with van der Waals surface area (Å²) >= 11 is 0. The first-order valence-corrected chi connectivity index (χ1v) is 8.94. The molecule has 0 bridgehead atoms. The zero-order valence-corrected chi connectivity index (χ0v) is 15.5. The van der Waals surface area contributed by atoms with Crippen LogP contribution in [-0.2, 0) is 4.79 Å². The lowest BCUT2D eigenvalue weighted by atomic mass is 10.00. The van der Waals surface area contributed by atoms with Gasteiger partial charge in [-0.3, -0.25) is 4.79 Å². The van der Waals surface area contributed by atoms with Gasteiger partial charge >= 0.3 is 0 Å². The van der Waals surface area contributed by atoms with E-state index in [9.17, 15) is 4.79 Å². The lowest BCUT2D eigenvalue weighted by Crippen LogP contribution is -2.53. The number of fused-ring (bicyclic) bond motifs is 1. The molecule has 1 amide bonds. The number of nitrogens with zero attached hydrogens (tertiary/aromatic N) is 6. The first kappa shape index (κ1) is 17.2. The fraction of sp³-hybridized carbons (Fsp3) is 0.389. The molecule has 9 nitrogen and oxygen atoms in total. The van der Waals surface area contributed by atoms with Gasteiger partial charge < -0.3 is 20.1 Å². The van der Waals surface area contributed by atoms with Gasteiger partial charge in [0.05, 0.1) is 24.0 Å². The minimum Gasteiger partial charge on any atom is -0.359 e. The van der Waals surface area contributed by atoms with Gasteiger partial charge in [0.1, 0.15) is 17.2 Å². The number of amides is 1. The summed E-state index contributed by atoms with van der Waals surface area (Å²) in [6, 6.07) is 4.08. The Kier molecular flexibility index (Phi) is 4.35. The van der Waals surface area contributed by atoms with Gasteiger partial charge in [0.25, 0.3) is 0 Å². The van der Waals surface area contributed by atoms with Crippen molar-refractivity contribution < 1.29 is 4.79 Å². The predicted molar refractivity (Wildman–Crippen MR) is 103 cm³/mol. The molecule has 2 N–H and O–H groups in total. The largest absolute Gasteiger partial charge is 0.359 e. The molecule has 4 heterocycles. The first-order chi connectivity index (χ1) is 13.0. The quantitative estimate of drug-likeness (QED) is 0.709. The van der Waals surface area contributed by atoms with Crippen LogP contribution in [0.5, 0.6) is 0 Å². The van der Waals surface area contributed by atoms with E-state index >= 15 is 0 Å². The fourth-order valence-electron chi connectivity index (χ4n) is 3.12. The molecule has 140 valence electrons. The van der Waals surface area contributed by atoms with Crippen molar-refractivity contribution in [1.82, 2.24) is 29.8 Å². The Labute approximate surface area is 156 Å². The maximum Gasteiger partial charge on any atom is 0.227 e. The molecule has 0 radical (unpaired) electrons. The standard InChI is InChI=1S/C18H22N8O/c1-11(2)26-10-22-13-7-21-16(6-14(13)26)23-15-4-5-20-18(24-15)25-8-12(9-25)17(27)19-3/h4-7,10-12H,8-9H2,1-3H3,(H,19,27)(H,20,21,23,24). The zero-order valence-electron chi connectivity index (χ0n) is 15.5. The van der Waals surface area contributed by atoms with E-state index in [0.717, 1.165) is 11.0 Å². The second-order valence-corrected chi connectivity index (χ2v) is 6.89. The maximum absolute atomic E-state index is 11.6. The summed E-state index contributed by atoms with van der Waals surface area (Å²) in [6.45, 7) is 5.48. The molecule has 0 spiro atoms. The molecule has 1 aliphatic heterocycles. The van der Waals surface area contributed by atoms with Gasteiger partial charge in [-0.1, -0.05) is 0 Å². The van der Waals surface area contributed by atoms with E-state index in [4.69, 9.17) is 0 Å². The van der Waals surface area contributed by atoms with Crippen LogP contribution in [0.1, 0.15) is 19.9 Å². The van der Waals surface area contributed by atoms with Crippen molar-refractivity contribution in [2.45, 2.75) is 19.9 Å². The van der Waals surface area contributed by atoms with Crippen LogP contribution < -0.4 is 15.5 Å². The van der Waals surface area contributed by atoms with Crippen molar-refractivity contribution in [1.29, 1.82) is 0 Å². The van der Waals surface area contributed by atoms with Crippen molar-refractivity contribution in [3.63, 3.8) is 0 Å². The molecule has 0 atom stereocenters. The van der Waals surface area contributed by atoms with Crippen LogP contribution >= 0.6 is 0 Å². The van der Waals surface area contributed by atoms with Gasteiger partial charge in [0.15, 0.2) is 0 Å². The van der Waals surface area contributed by atoms with E-state index in [-0.39, 0.29) is 11.8 Å². The highest BCUT2D eigenvalue weighted by Gasteiger charge is 2.33. The number of nitrogens with one attached hydrogen (secondary N) is 2. The summed E-state index contributed by atoms with van der Waals surface area (Å²) in [7, 11) is 1.65. The molecule has 1 saturated heterocycles. The van der Waals surface area contributed by atoms with Gasteiger partial charge in [-0.2, -0.15) is 4.98 Å². The number of hydrogen-bond acceptors (Lipinski definition) is 7. The summed E-state index contributed by atoms with van der Waals surface area (Å²) < 4.78 is 2.10. The highest BCUT2D eigenvalue weighted by molar-refractivity contribution is 5.81. The number of rotatable bonds is 5. The molecular formula is C18H22N8O. The molecule has 1 fully saturated rings. The van der Waals surface area contributed by atoms with E-state index in [1.807, 2.05) is 17.3 Å². The summed E-state index contributed by atoms with van der Waals surface area (Å²) in [5, 5.41) is 5.90. The number of anilines is 3. The summed E-state index contributed by atoms with van der Waals surface area (Å²) in [5.41, 5.74) is 1.88. The average Bonchev–Trinajstić information content (AvgIpc) is 3.04. The lowest BCUT2D eigenvalue weighted by molar-refractivity contribution is -0.125. The van der Waals surface area contributed by atoms with E-state index in [1.54, 1.807) is 25.5 Å². The normalized spacial score (nSPS) is 14.4. The summed E-state index contributed by atoms with van der Waals surface area (Å²) in [5.74, 6) is 2.01. The Morgan fingerprint density at radius 1 is 1.22 bits per heavy atom. The van der Waals surface area contributed by atoms with Crippen LogP contribution in [0.15, 0.2) is 30.9 Å². The minimum atomic E-state index is -0.00407. The van der Waals surface area contributed by atoms with Crippen molar-refractivity contribution >= 4 is 34.5 Å². The topological polar surface area (TPSA) is 101 Å². The second kappa shape index (κ2) is 6.82. The van der Waals surface area contributed by atoms with Crippen LogP contribution in [-0.4, -0.2) is 50.5 Å². The third kappa shape index (κ3) is 3.27. The average molecular weight is 366 g/mol. The van der Waals surface area contributed by atoms with Crippen molar-refractivity contribution in [3.8, 4) is 0 Å². The van der Waals surface area contributed by atoms with Crippen LogP contribution in [0, 0.1) is 5.92 Å². The molecule has 0 saturated carbocycles. The zero-order chi connectivity index (χ0) is 19.0. The van der Waals surface area contributed by atoms with Gasteiger partial charge in [-0.15, -0.1) is 0 Å². The molecule has 1 aliphatic rings. The molecule has 9 heteroatoms. The second-order valence-electron chi connectivity index (χ2n) is 6.89. The Morgan fingerprint density at radius 3 is 2.78 bits per heavy atom. The molecule has 3 aromatic rings. The number of aromatic nitrogens is 5. The smallest absolute Gasteiger partial charge is 0.227 e. The first-order valence-electron chi connectivity index (χ1n) is 8.94. The van der Waals surface area contributed by atoms with Crippen LogP contribution in [0.25, 0.3) is 11.0 Å². The van der Waals surface area contributed by atoms with Gasteiger partial charge in [0.2, 0.25) is 11.9 Å². The molecular weight excluding hydrogens is 344 g/mol. The van der Waals surface area contributed by atoms with E-state index in [0.29, 0.717) is 36.7 Å². The third-order valence-electron chi connectivity index (χ3n) is 4.70. The number of carbonyl (C=O) groups is 1. The van der Waals surface area contributed by atoms with Crippen molar-refractivity contribution in [2.24, 2.45) is 5.92 Å². The highest BCUT2D eigenvalue weighted by Crippen LogP contribution is 2.24. The number of hydrogen-bond donors (Lipinski definition) is 2. The third-order valence-corrected chi connectivity index (χ3v) is 4.70. The highest BCUT2D eigenvalue weighted by atomic mass is 16.2. The SMILES string of the molecule is CNC(=O)C1CN(c2nccc(Nc3cc4c(cn3)ncn4C(C)C)n2)C1. The van der Waals surface area contributed by atoms with Crippen molar-refractivity contribution in [3.05, 3.63) is 30.9 Å². The molecule has 27 heavy (non-hydrogen) atoms. The van der Waals surface area contributed by atoms with Crippen LogP contribution in [0.2, 0.25) is 0 Å².